The lowest BCUT2D eigenvalue weighted by molar-refractivity contribution is 0.273. The first-order chi connectivity index (χ1) is 17.1. The lowest BCUT2D eigenvalue weighted by Crippen LogP contribution is -2.18. The van der Waals surface area contributed by atoms with Crippen LogP contribution in [-0.4, -0.2) is 39.1 Å². The highest BCUT2D eigenvalue weighted by atomic mass is 19.1. The average molecular weight is 472 g/mol. The number of benzene rings is 1. The van der Waals surface area contributed by atoms with Gasteiger partial charge in [-0.2, -0.15) is 5.10 Å². The van der Waals surface area contributed by atoms with Crippen LogP contribution >= 0.6 is 0 Å². The van der Waals surface area contributed by atoms with Crippen molar-refractivity contribution in [3.05, 3.63) is 72.2 Å². The van der Waals surface area contributed by atoms with E-state index in [9.17, 15) is 4.39 Å². The number of halogens is 1. The number of para-hydroxylation sites is 1. The SMILES string of the molecule is Cc1cnc(Nc2ccnn2C)nc1-c1cc2n(c1)CCn1c(COc3ccccc3F)nnc1-2. The molecule has 0 amide bonds. The smallest absolute Gasteiger partial charge is 0.228 e. The van der Waals surface area contributed by atoms with Gasteiger partial charge in [-0.3, -0.25) is 4.68 Å². The van der Waals surface area contributed by atoms with Gasteiger partial charge in [0.05, 0.1) is 17.6 Å². The first-order valence-electron chi connectivity index (χ1n) is 11.2. The van der Waals surface area contributed by atoms with Crippen molar-refractivity contribution in [2.24, 2.45) is 7.05 Å². The van der Waals surface area contributed by atoms with Gasteiger partial charge in [-0.25, -0.2) is 14.4 Å². The van der Waals surface area contributed by atoms with Crippen molar-refractivity contribution >= 4 is 11.8 Å². The quantitative estimate of drug-likeness (QED) is 0.403. The topological polar surface area (TPSA) is 101 Å². The molecule has 176 valence electrons. The highest BCUT2D eigenvalue weighted by Crippen LogP contribution is 2.32. The molecule has 5 heterocycles. The van der Waals surface area contributed by atoms with Crippen molar-refractivity contribution in [2.45, 2.75) is 26.6 Å². The number of ether oxygens (including phenoxy) is 1. The van der Waals surface area contributed by atoms with E-state index in [4.69, 9.17) is 9.72 Å². The summed E-state index contributed by atoms with van der Waals surface area (Å²) in [6.07, 6.45) is 5.59. The maximum atomic E-state index is 13.9. The van der Waals surface area contributed by atoms with E-state index in [1.54, 1.807) is 35.3 Å². The Morgan fingerprint density at radius 2 is 2.03 bits per heavy atom. The third-order valence-electron chi connectivity index (χ3n) is 6.02. The van der Waals surface area contributed by atoms with Crippen LogP contribution in [0, 0.1) is 12.7 Å². The molecular weight excluding hydrogens is 449 g/mol. The molecule has 1 aliphatic rings. The maximum absolute atomic E-state index is 13.9. The Kier molecular flexibility index (Phi) is 5.02. The van der Waals surface area contributed by atoms with Gasteiger partial charge in [-0.1, -0.05) is 12.1 Å². The molecule has 0 fully saturated rings. The molecular formula is C24H22FN9O. The van der Waals surface area contributed by atoms with Gasteiger partial charge in [-0.05, 0) is 30.7 Å². The van der Waals surface area contributed by atoms with E-state index < -0.39 is 5.82 Å². The predicted molar refractivity (Wildman–Crippen MR) is 126 cm³/mol. The minimum Gasteiger partial charge on any atom is -0.483 e. The Bertz CT molecular complexity index is 1530. The van der Waals surface area contributed by atoms with E-state index in [0.717, 1.165) is 40.7 Å². The summed E-state index contributed by atoms with van der Waals surface area (Å²) < 4.78 is 25.5. The van der Waals surface area contributed by atoms with Crippen LogP contribution in [0.15, 0.2) is 55.0 Å². The van der Waals surface area contributed by atoms with Gasteiger partial charge >= 0.3 is 0 Å². The third-order valence-corrected chi connectivity index (χ3v) is 6.02. The van der Waals surface area contributed by atoms with Gasteiger partial charge in [0.25, 0.3) is 0 Å². The molecule has 1 aromatic carbocycles. The molecule has 4 aromatic heterocycles. The van der Waals surface area contributed by atoms with Crippen LogP contribution in [0.25, 0.3) is 22.8 Å². The Labute approximate surface area is 200 Å². The molecule has 6 rings (SSSR count). The molecule has 0 atom stereocenters. The number of aryl methyl sites for hydroxylation is 3. The van der Waals surface area contributed by atoms with Crippen LogP contribution in [0.2, 0.25) is 0 Å². The molecule has 0 aliphatic carbocycles. The number of fused-ring (bicyclic) bond motifs is 3. The van der Waals surface area contributed by atoms with Crippen molar-refractivity contribution in [3.8, 4) is 28.5 Å². The summed E-state index contributed by atoms with van der Waals surface area (Å²) in [6, 6.07) is 10.3. The molecule has 0 unspecified atom stereocenters. The molecule has 10 nitrogen and oxygen atoms in total. The molecule has 0 saturated heterocycles. The average Bonchev–Trinajstić information content (AvgIpc) is 3.58. The summed E-state index contributed by atoms with van der Waals surface area (Å²) in [6.45, 7) is 3.56. The zero-order valence-electron chi connectivity index (χ0n) is 19.2. The Morgan fingerprint density at radius 1 is 1.14 bits per heavy atom. The van der Waals surface area contributed by atoms with Crippen molar-refractivity contribution < 1.29 is 9.13 Å². The number of hydrogen-bond acceptors (Lipinski definition) is 7. The van der Waals surface area contributed by atoms with E-state index in [-0.39, 0.29) is 12.4 Å². The molecule has 0 saturated carbocycles. The van der Waals surface area contributed by atoms with Crippen LogP contribution in [-0.2, 0) is 26.7 Å². The van der Waals surface area contributed by atoms with Crippen molar-refractivity contribution in [1.82, 2.24) is 39.1 Å². The molecule has 0 radical (unpaired) electrons. The minimum absolute atomic E-state index is 0.134. The van der Waals surface area contributed by atoms with Crippen molar-refractivity contribution in [2.75, 3.05) is 5.32 Å². The number of rotatable bonds is 6. The molecule has 1 N–H and O–H groups in total. The summed E-state index contributed by atoms with van der Waals surface area (Å²) in [5.41, 5.74) is 3.70. The number of nitrogens with one attached hydrogen (secondary N) is 1. The second-order valence-electron chi connectivity index (χ2n) is 8.31. The summed E-state index contributed by atoms with van der Waals surface area (Å²) in [4.78, 5) is 9.18. The van der Waals surface area contributed by atoms with E-state index in [2.05, 4.69) is 42.4 Å². The van der Waals surface area contributed by atoms with Gasteiger partial charge in [0.1, 0.15) is 12.4 Å². The summed E-state index contributed by atoms with van der Waals surface area (Å²) in [5, 5.41) is 16.1. The van der Waals surface area contributed by atoms with Gasteiger partial charge in [0.2, 0.25) is 5.95 Å². The van der Waals surface area contributed by atoms with Crippen LogP contribution in [0.4, 0.5) is 16.2 Å². The highest BCUT2D eigenvalue weighted by molar-refractivity contribution is 5.70. The second-order valence-corrected chi connectivity index (χ2v) is 8.31. The minimum atomic E-state index is -0.401. The summed E-state index contributed by atoms with van der Waals surface area (Å²) >= 11 is 0. The molecule has 11 heteroatoms. The van der Waals surface area contributed by atoms with Gasteiger partial charge in [0, 0.05) is 44.2 Å². The molecule has 1 aliphatic heterocycles. The monoisotopic (exact) mass is 471 g/mol. The fourth-order valence-corrected chi connectivity index (χ4v) is 4.20. The first-order valence-corrected chi connectivity index (χ1v) is 11.2. The van der Waals surface area contributed by atoms with Gasteiger partial charge in [-0.15, -0.1) is 10.2 Å². The second kappa shape index (κ2) is 8.35. The molecule has 0 bridgehead atoms. The fourth-order valence-electron chi connectivity index (χ4n) is 4.20. The van der Waals surface area contributed by atoms with Gasteiger partial charge in [0.15, 0.2) is 23.2 Å². The normalized spacial score (nSPS) is 12.3. The van der Waals surface area contributed by atoms with E-state index in [0.29, 0.717) is 18.3 Å². The molecule has 0 spiro atoms. The number of hydrogen-bond donors (Lipinski definition) is 1. The lowest BCUT2D eigenvalue weighted by atomic mass is 10.1. The molecule has 35 heavy (non-hydrogen) atoms. The van der Waals surface area contributed by atoms with E-state index in [1.807, 2.05) is 24.6 Å². The maximum Gasteiger partial charge on any atom is 0.228 e. The zero-order valence-corrected chi connectivity index (χ0v) is 19.2. The van der Waals surface area contributed by atoms with Crippen LogP contribution in [0.3, 0.4) is 0 Å². The third kappa shape index (κ3) is 3.80. The standard InChI is InChI=1S/C24H22FN9O/c1-15-12-26-24(28-20-7-8-27-32(20)2)29-22(15)16-11-18-23-31-30-21(34(23)10-9-33(18)13-16)14-35-19-6-4-3-5-17(19)25/h3-8,11-13H,9-10,14H2,1-2H3,(H,26,28,29). The number of anilines is 2. The Balaban J connectivity index is 1.28. The number of nitrogens with zero attached hydrogens (tertiary/aromatic N) is 8. The van der Waals surface area contributed by atoms with Gasteiger partial charge < -0.3 is 19.2 Å². The van der Waals surface area contributed by atoms with E-state index in [1.165, 1.54) is 6.07 Å². The number of aromatic nitrogens is 8. The largest absolute Gasteiger partial charge is 0.483 e. The Morgan fingerprint density at radius 3 is 2.86 bits per heavy atom. The molecule has 5 aromatic rings. The van der Waals surface area contributed by atoms with Crippen LogP contribution < -0.4 is 10.1 Å². The Hall–Kier alpha value is -4.54. The van der Waals surface area contributed by atoms with Crippen molar-refractivity contribution in [1.29, 1.82) is 0 Å². The predicted octanol–water partition coefficient (Wildman–Crippen LogP) is 3.72. The lowest BCUT2D eigenvalue weighted by Gasteiger charge is -2.18. The zero-order chi connectivity index (χ0) is 23.9. The van der Waals surface area contributed by atoms with Crippen LogP contribution in [0.5, 0.6) is 5.75 Å². The summed E-state index contributed by atoms with van der Waals surface area (Å²) in [7, 11) is 1.85. The summed E-state index contributed by atoms with van der Waals surface area (Å²) in [5.74, 6) is 2.49. The van der Waals surface area contributed by atoms with Crippen molar-refractivity contribution in [3.63, 3.8) is 0 Å². The van der Waals surface area contributed by atoms with E-state index >= 15 is 0 Å². The van der Waals surface area contributed by atoms with Crippen LogP contribution in [0.1, 0.15) is 11.4 Å². The fraction of sp³-hybridized carbons (Fsp3) is 0.208. The highest BCUT2D eigenvalue weighted by Gasteiger charge is 2.24. The first kappa shape index (κ1) is 21.0.